The average Bonchev–Trinajstić information content (AvgIpc) is 2.81. The van der Waals surface area contributed by atoms with Gasteiger partial charge in [-0.1, -0.05) is 6.07 Å². The van der Waals surface area contributed by atoms with Crippen LogP contribution in [0.15, 0.2) is 18.2 Å². The molecule has 1 aliphatic rings. The SMILES string of the molecule is CCOC(=O)C1NC(=O)CC1c1cccc(OC)n1. The molecule has 1 saturated heterocycles. The van der Waals surface area contributed by atoms with Crippen molar-refractivity contribution in [2.45, 2.75) is 25.3 Å². The molecule has 19 heavy (non-hydrogen) atoms. The van der Waals surface area contributed by atoms with Gasteiger partial charge in [0.05, 0.1) is 19.4 Å². The van der Waals surface area contributed by atoms with E-state index in [0.29, 0.717) is 11.6 Å². The van der Waals surface area contributed by atoms with Gasteiger partial charge in [-0.25, -0.2) is 9.78 Å². The van der Waals surface area contributed by atoms with Crippen LogP contribution >= 0.6 is 0 Å². The van der Waals surface area contributed by atoms with Gasteiger partial charge in [-0.15, -0.1) is 0 Å². The Balaban J connectivity index is 2.24. The highest BCUT2D eigenvalue weighted by molar-refractivity contribution is 5.90. The van der Waals surface area contributed by atoms with Crippen molar-refractivity contribution >= 4 is 11.9 Å². The molecule has 0 bridgehead atoms. The Kier molecular flexibility index (Phi) is 3.99. The van der Waals surface area contributed by atoms with Gasteiger partial charge in [0.15, 0.2) is 0 Å². The molecule has 2 heterocycles. The molecule has 0 aliphatic carbocycles. The molecule has 0 aromatic carbocycles. The van der Waals surface area contributed by atoms with E-state index in [9.17, 15) is 9.59 Å². The summed E-state index contributed by atoms with van der Waals surface area (Å²) < 4.78 is 10.0. The highest BCUT2D eigenvalue weighted by Gasteiger charge is 2.40. The Morgan fingerprint density at radius 2 is 2.32 bits per heavy atom. The molecule has 6 heteroatoms. The van der Waals surface area contributed by atoms with E-state index in [-0.39, 0.29) is 24.9 Å². The van der Waals surface area contributed by atoms with Crippen LogP contribution in [0, 0.1) is 0 Å². The van der Waals surface area contributed by atoms with Crippen molar-refractivity contribution in [3.8, 4) is 5.88 Å². The minimum absolute atomic E-state index is 0.173. The fourth-order valence-electron chi connectivity index (χ4n) is 2.13. The zero-order valence-electron chi connectivity index (χ0n) is 10.9. The number of nitrogens with one attached hydrogen (secondary N) is 1. The van der Waals surface area contributed by atoms with Crippen molar-refractivity contribution in [1.82, 2.24) is 10.3 Å². The van der Waals surface area contributed by atoms with E-state index in [2.05, 4.69) is 10.3 Å². The lowest BCUT2D eigenvalue weighted by Crippen LogP contribution is -2.37. The molecule has 1 aromatic rings. The van der Waals surface area contributed by atoms with Crippen LogP contribution in [0.2, 0.25) is 0 Å². The normalized spacial score (nSPS) is 21.9. The smallest absolute Gasteiger partial charge is 0.329 e. The lowest BCUT2D eigenvalue weighted by Gasteiger charge is -2.17. The van der Waals surface area contributed by atoms with E-state index in [0.717, 1.165) is 0 Å². The monoisotopic (exact) mass is 264 g/mol. The molecular weight excluding hydrogens is 248 g/mol. The van der Waals surface area contributed by atoms with Crippen molar-refractivity contribution < 1.29 is 19.1 Å². The van der Waals surface area contributed by atoms with Gasteiger partial charge in [0, 0.05) is 18.4 Å². The van der Waals surface area contributed by atoms with Crippen molar-refractivity contribution in [2.24, 2.45) is 0 Å². The average molecular weight is 264 g/mol. The van der Waals surface area contributed by atoms with Gasteiger partial charge in [0.1, 0.15) is 6.04 Å². The maximum absolute atomic E-state index is 11.8. The largest absolute Gasteiger partial charge is 0.481 e. The first-order valence-electron chi connectivity index (χ1n) is 6.12. The minimum atomic E-state index is -0.674. The standard InChI is InChI=1S/C13H16N2O4/c1-3-19-13(17)12-8(7-10(16)15-12)9-5-4-6-11(14-9)18-2/h4-6,8,12H,3,7H2,1-2H3,(H,15,16). The summed E-state index contributed by atoms with van der Waals surface area (Å²) in [5.41, 5.74) is 0.649. The molecule has 1 N–H and O–H groups in total. The maximum atomic E-state index is 11.8. The third-order valence-corrected chi connectivity index (χ3v) is 3.00. The molecule has 1 aromatic heterocycles. The Labute approximate surface area is 111 Å². The van der Waals surface area contributed by atoms with Crippen LogP contribution in [0.4, 0.5) is 0 Å². The second-order valence-electron chi connectivity index (χ2n) is 4.21. The second kappa shape index (κ2) is 5.69. The fraction of sp³-hybridized carbons (Fsp3) is 0.462. The van der Waals surface area contributed by atoms with Gasteiger partial charge in [0.25, 0.3) is 0 Å². The number of methoxy groups -OCH3 is 1. The molecule has 2 unspecified atom stereocenters. The number of esters is 1. The van der Waals surface area contributed by atoms with Crippen molar-refractivity contribution in [1.29, 1.82) is 0 Å². The molecule has 0 spiro atoms. The number of hydrogen-bond acceptors (Lipinski definition) is 5. The molecule has 1 amide bonds. The van der Waals surface area contributed by atoms with Crippen molar-refractivity contribution in [3.05, 3.63) is 23.9 Å². The van der Waals surface area contributed by atoms with E-state index in [1.807, 2.05) is 0 Å². The summed E-state index contributed by atoms with van der Waals surface area (Å²) in [6.07, 6.45) is 0.226. The summed E-state index contributed by atoms with van der Waals surface area (Å²) >= 11 is 0. The van der Waals surface area contributed by atoms with E-state index >= 15 is 0 Å². The van der Waals surface area contributed by atoms with Crippen LogP contribution in [0.1, 0.15) is 25.0 Å². The van der Waals surface area contributed by atoms with Gasteiger partial charge < -0.3 is 14.8 Å². The summed E-state index contributed by atoms with van der Waals surface area (Å²) in [5, 5.41) is 2.63. The molecule has 2 rings (SSSR count). The highest BCUT2D eigenvalue weighted by atomic mass is 16.5. The summed E-state index contributed by atoms with van der Waals surface area (Å²) in [4.78, 5) is 27.6. The third-order valence-electron chi connectivity index (χ3n) is 3.00. The first-order chi connectivity index (χ1) is 9.15. The number of amides is 1. The van der Waals surface area contributed by atoms with Crippen LogP contribution in [0.3, 0.4) is 0 Å². The summed E-state index contributed by atoms with van der Waals surface area (Å²) in [7, 11) is 1.52. The van der Waals surface area contributed by atoms with Crippen LogP contribution in [-0.4, -0.2) is 36.6 Å². The second-order valence-corrected chi connectivity index (χ2v) is 4.21. The fourth-order valence-corrected chi connectivity index (χ4v) is 2.13. The number of pyridine rings is 1. The number of nitrogens with zero attached hydrogens (tertiary/aromatic N) is 1. The zero-order chi connectivity index (χ0) is 13.8. The highest BCUT2D eigenvalue weighted by Crippen LogP contribution is 2.28. The van der Waals surface area contributed by atoms with E-state index in [1.165, 1.54) is 7.11 Å². The van der Waals surface area contributed by atoms with Gasteiger partial charge in [0.2, 0.25) is 11.8 Å². The van der Waals surface area contributed by atoms with E-state index in [4.69, 9.17) is 9.47 Å². The number of rotatable bonds is 4. The van der Waals surface area contributed by atoms with Crippen LogP contribution in [0.25, 0.3) is 0 Å². The summed E-state index contributed by atoms with van der Waals surface area (Å²) in [6.45, 7) is 2.01. The molecule has 2 atom stereocenters. The van der Waals surface area contributed by atoms with Crippen molar-refractivity contribution in [2.75, 3.05) is 13.7 Å². The topological polar surface area (TPSA) is 77.5 Å². The lowest BCUT2D eigenvalue weighted by molar-refractivity contribution is -0.146. The molecule has 0 saturated carbocycles. The lowest BCUT2D eigenvalue weighted by atomic mass is 9.96. The molecule has 0 radical (unpaired) electrons. The maximum Gasteiger partial charge on any atom is 0.329 e. The predicted molar refractivity (Wildman–Crippen MR) is 66.7 cm³/mol. The molecule has 6 nitrogen and oxygen atoms in total. The number of aromatic nitrogens is 1. The van der Waals surface area contributed by atoms with Gasteiger partial charge in [-0.3, -0.25) is 4.79 Å². The van der Waals surface area contributed by atoms with Crippen molar-refractivity contribution in [3.63, 3.8) is 0 Å². The van der Waals surface area contributed by atoms with Crippen LogP contribution < -0.4 is 10.1 Å². The number of hydrogen-bond donors (Lipinski definition) is 1. The van der Waals surface area contributed by atoms with E-state index in [1.54, 1.807) is 25.1 Å². The quantitative estimate of drug-likeness (QED) is 0.807. The van der Waals surface area contributed by atoms with Gasteiger partial charge in [-0.2, -0.15) is 0 Å². The summed E-state index contributed by atoms with van der Waals surface area (Å²) in [6, 6.07) is 4.60. The third kappa shape index (κ3) is 2.83. The molecule has 1 fully saturated rings. The van der Waals surface area contributed by atoms with Crippen LogP contribution in [0.5, 0.6) is 5.88 Å². The summed E-state index contributed by atoms with van der Waals surface area (Å²) in [5.74, 6) is -0.461. The number of ether oxygens (including phenoxy) is 2. The molecule has 1 aliphatic heterocycles. The molecule has 102 valence electrons. The minimum Gasteiger partial charge on any atom is -0.481 e. The first kappa shape index (κ1) is 13.3. The van der Waals surface area contributed by atoms with Gasteiger partial charge in [-0.05, 0) is 13.0 Å². The first-order valence-corrected chi connectivity index (χ1v) is 6.12. The Morgan fingerprint density at radius 1 is 1.53 bits per heavy atom. The number of carbonyl (C=O) groups excluding carboxylic acids is 2. The van der Waals surface area contributed by atoms with Gasteiger partial charge >= 0.3 is 5.97 Å². The Morgan fingerprint density at radius 3 is 3.00 bits per heavy atom. The van der Waals surface area contributed by atoms with Crippen LogP contribution in [-0.2, 0) is 14.3 Å². The molecular formula is C13H16N2O4. The van der Waals surface area contributed by atoms with E-state index < -0.39 is 12.0 Å². The Hall–Kier alpha value is -2.11. The Bertz CT molecular complexity index is 489. The predicted octanol–water partition coefficient (Wildman–Crippen LogP) is 0.625. The number of carbonyl (C=O) groups is 2. The zero-order valence-corrected chi connectivity index (χ0v) is 10.9.